The third kappa shape index (κ3) is 5.37. The fraction of sp³-hybridized carbons (Fsp3) is 0.559. The summed E-state index contributed by atoms with van der Waals surface area (Å²) >= 11 is 0. The summed E-state index contributed by atoms with van der Waals surface area (Å²) in [6.07, 6.45) is 7.06. The van der Waals surface area contributed by atoms with Crippen molar-refractivity contribution in [2.24, 2.45) is 0 Å². The fourth-order valence-corrected chi connectivity index (χ4v) is 8.27. The maximum atomic E-state index is 17.1. The van der Waals surface area contributed by atoms with Crippen molar-refractivity contribution in [1.29, 1.82) is 0 Å². The number of hydrogen-bond acceptors (Lipinski definition) is 9. The predicted molar refractivity (Wildman–Crippen MR) is 173 cm³/mol. The molecule has 0 spiro atoms. The molecule has 0 saturated carbocycles. The van der Waals surface area contributed by atoms with Gasteiger partial charge in [0.15, 0.2) is 5.82 Å². The van der Waals surface area contributed by atoms with Crippen LogP contribution in [0, 0.1) is 12.7 Å². The van der Waals surface area contributed by atoms with Crippen LogP contribution >= 0.6 is 0 Å². The molecular formula is C34H40F2N8O3. The summed E-state index contributed by atoms with van der Waals surface area (Å²) < 4.78 is 44.0. The number of benzene rings is 1. The van der Waals surface area contributed by atoms with Crippen molar-refractivity contribution in [2.45, 2.75) is 76.0 Å². The summed E-state index contributed by atoms with van der Waals surface area (Å²) in [6, 6.07) is 2.05. The molecule has 3 aromatic heterocycles. The molecular weight excluding hydrogens is 606 g/mol. The van der Waals surface area contributed by atoms with Crippen molar-refractivity contribution in [3.05, 3.63) is 35.4 Å². The first-order valence-corrected chi connectivity index (χ1v) is 16.7. The van der Waals surface area contributed by atoms with Gasteiger partial charge < -0.3 is 19.7 Å². The molecule has 5 aliphatic rings. The number of carbonyl (C=O) groups is 1. The van der Waals surface area contributed by atoms with Gasteiger partial charge in [0.1, 0.15) is 29.8 Å². The van der Waals surface area contributed by atoms with E-state index in [1.165, 1.54) is 0 Å². The van der Waals surface area contributed by atoms with Crippen LogP contribution < -0.4 is 15.0 Å². The molecule has 13 heteroatoms. The number of fused-ring (bicyclic) bond motifs is 8. The molecule has 3 fully saturated rings. The molecule has 3 atom stereocenters. The molecule has 6 bridgehead atoms. The van der Waals surface area contributed by atoms with Crippen LogP contribution in [0.4, 0.5) is 14.6 Å². The third-order valence-corrected chi connectivity index (χ3v) is 10.5. The van der Waals surface area contributed by atoms with Crippen LogP contribution in [-0.2, 0) is 16.0 Å². The van der Waals surface area contributed by atoms with Crippen molar-refractivity contribution in [3.63, 3.8) is 0 Å². The normalized spacial score (nSPS) is 26.9. The average Bonchev–Trinajstić information content (AvgIpc) is 3.69. The molecule has 47 heavy (non-hydrogen) atoms. The standard InChI is InChI=1S/C34H40F2N8O3/c1-20-12-25-23(15-38-42-25)27-22(20)6-3-4-7-26(45)41-33(2)17-43(10-11-46-18-33)31-24-14-37-30(27)28(36)29(24)39-32(40-31)47-19-34-8-5-9-44(34)16-21(35)13-34/h12,14-15,21H,3-11,13,16-19H2,1-2H3,(H,38,42)(H,41,45)/t21-,33+,34+/m1/s1. The Kier molecular flexibility index (Phi) is 7.51. The van der Waals surface area contributed by atoms with E-state index in [-0.39, 0.29) is 29.7 Å². The van der Waals surface area contributed by atoms with E-state index in [0.717, 1.165) is 47.8 Å². The summed E-state index contributed by atoms with van der Waals surface area (Å²) in [7, 11) is 0. The maximum Gasteiger partial charge on any atom is 0.319 e. The first kappa shape index (κ1) is 30.4. The molecule has 9 rings (SSSR count). The van der Waals surface area contributed by atoms with Crippen molar-refractivity contribution >= 4 is 33.5 Å². The lowest BCUT2D eigenvalue weighted by Crippen LogP contribution is -2.55. The smallest absolute Gasteiger partial charge is 0.319 e. The van der Waals surface area contributed by atoms with Crippen LogP contribution in [0.15, 0.2) is 18.5 Å². The van der Waals surface area contributed by atoms with Gasteiger partial charge in [-0.05, 0) is 69.7 Å². The predicted octanol–water partition coefficient (Wildman–Crippen LogP) is 4.41. The second-order valence-electron chi connectivity index (χ2n) is 14.0. The second kappa shape index (κ2) is 11.6. The lowest BCUT2D eigenvalue weighted by molar-refractivity contribution is -0.123. The molecule has 5 aliphatic heterocycles. The number of alkyl halides is 1. The Morgan fingerprint density at radius 3 is 2.91 bits per heavy atom. The molecule has 11 nitrogen and oxygen atoms in total. The molecule has 0 radical (unpaired) electrons. The van der Waals surface area contributed by atoms with E-state index in [0.29, 0.717) is 75.3 Å². The first-order chi connectivity index (χ1) is 22.7. The number of amides is 1. The highest BCUT2D eigenvalue weighted by Gasteiger charge is 2.49. The summed E-state index contributed by atoms with van der Waals surface area (Å²) in [6.45, 7) is 6.97. The number of carbonyl (C=O) groups excluding carboxylic acids is 1. The van der Waals surface area contributed by atoms with Crippen molar-refractivity contribution in [1.82, 2.24) is 35.4 Å². The highest BCUT2D eigenvalue weighted by atomic mass is 19.1. The van der Waals surface area contributed by atoms with E-state index in [1.807, 2.05) is 24.8 Å². The second-order valence-corrected chi connectivity index (χ2v) is 14.0. The van der Waals surface area contributed by atoms with Gasteiger partial charge in [0, 0.05) is 49.6 Å². The number of halogens is 2. The summed E-state index contributed by atoms with van der Waals surface area (Å²) in [5.74, 6) is -0.150. The number of ether oxygens (including phenoxy) is 2. The quantitative estimate of drug-likeness (QED) is 0.334. The van der Waals surface area contributed by atoms with E-state index in [4.69, 9.17) is 19.4 Å². The van der Waals surface area contributed by atoms with Crippen molar-refractivity contribution < 1.29 is 23.0 Å². The number of aryl methyl sites for hydroxylation is 1. The van der Waals surface area contributed by atoms with Gasteiger partial charge in [0.05, 0.1) is 41.4 Å². The van der Waals surface area contributed by atoms with Crippen LogP contribution in [0.5, 0.6) is 6.01 Å². The van der Waals surface area contributed by atoms with E-state index in [2.05, 4.69) is 25.4 Å². The number of nitrogens with zero attached hydrogens (tertiary/aromatic N) is 6. The van der Waals surface area contributed by atoms with E-state index < -0.39 is 23.1 Å². The Labute approximate surface area is 271 Å². The van der Waals surface area contributed by atoms with Gasteiger partial charge in [-0.2, -0.15) is 15.1 Å². The van der Waals surface area contributed by atoms with Crippen LogP contribution in [0.3, 0.4) is 0 Å². The van der Waals surface area contributed by atoms with E-state index >= 15 is 4.39 Å². The Balaban J connectivity index is 1.31. The monoisotopic (exact) mass is 646 g/mol. The Bertz CT molecular complexity index is 1870. The molecule has 1 aromatic carbocycles. The number of nitrogens with one attached hydrogen (secondary N) is 2. The van der Waals surface area contributed by atoms with Crippen LogP contribution in [0.25, 0.3) is 33.1 Å². The van der Waals surface area contributed by atoms with Gasteiger partial charge in [0.2, 0.25) is 5.91 Å². The summed E-state index contributed by atoms with van der Waals surface area (Å²) in [4.78, 5) is 31.7. The summed E-state index contributed by atoms with van der Waals surface area (Å²) in [5, 5.41) is 11.7. The van der Waals surface area contributed by atoms with Gasteiger partial charge in [-0.1, -0.05) is 0 Å². The van der Waals surface area contributed by atoms with Gasteiger partial charge >= 0.3 is 6.01 Å². The van der Waals surface area contributed by atoms with E-state index in [1.54, 1.807) is 12.4 Å². The number of H-pyrrole nitrogens is 1. The minimum Gasteiger partial charge on any atom is -0.461 e. The molecule has 4 aromatic rings. The van der Waals surface area contributed by atoms with Crippen molar-refractivity contribution in [2.75, 3.05) is 50.9 Å². The fourth-order valence-electron chi connectivity index (χ4n) is 8.27. The third-order valence-electron chi connectivity index (χ3n) is 10.5. The number of pyridine rings is 1. The zero-order chi connectivity index (χ0) is 32.3. The molecule has 2 N–H and O–H groups in total. The number of rotatable bonds is 3. The first-order valence-electron chi connectivity index (χ1n) is 16.7. The van der Waals surface area contributed by atoms with Crippen LogP contribution in [0.2, 0.25) is 0 Å². The number of aromatic amines is 1. The van der Waals surface area contributed by atoms with Crippen LogP contribution in [0.1, 0.15) is 56.6 Å². The van der Waals surface area contributed by atoms with Gasteiger partial charge in [-0.3, -0.25) is 19.8 Å². The highest BCUT2D eigenvalue weighted by molar-refractivity contribution is 5.99. The highest BCUT2D eigenvalue weighted by Crippen LogP contribution is 2.42. The molecule has 8 heterocycles. The van der Waals surface area contributed by atoms with Gasteiger partial charge in [-0.15, -0.1) is 0 Å². The number of aromatic nitrogens is 5. The number of anilines is 1. The lowest BCUT2D eigenvalue weighted by atomic mass is 9.91. The van der Waals surface area contributed by atoms with E-state index in [9.17, 15) is 9.18 Å². The largest absolute Gasteiger partial charge is 0.461 e. The summed E-state index contributed by atoms with van der Waals surface area (Å²) in [5.41, 5.74) is 2.55. The molecule has 0 aliphatic carbocycles. The molecule has 0 unspecified atom stereocenters. The molecule has 1 amide bonds. The molecule has 3 saturated heterocycles. The number of hydrogen-bond donors (Lipinski definition) is 2. The van der Waals surface area contributed by atoms with Gasteiger partial charge in [0.25, 0.3) is 0 Å². The van der Waals surface area contributed by atoms with Crippen molar-refractivity contribution in [3.8, 4) is 17.3 Å². The zero-order valence-electron chi connectivity index (χ0n) is 26.9. The maximum absolute atomic E-state index is 17.1. The SMILES string of the molecule is Cc1cc2[nH]ncc2c2c1CCCCC(=O)N[C@]1(C)COCCN(C1)c1nc(OC[C@@]34CCCN3C[C@H](F)C4)nc3c(F)c-2ncc13. The Morgan fingerprint density at radius 2 is 2.02 bits per heavy atom. The lowest BCUT2D eigenvalue weighted by Gasteiger charge is -2.34. The minimum absolute atomic E-state index is 0.0297. The minimum atomic E-state index is -0.904. The zero-order valence-corrected chi connectivity index (χ0v) is 26.9. The Hall–Kier alpha value is -3.97. The molecule has 248 valence electrons. The topological polar surface area (TPSA) is 121 Å². The van der Waals surface area contributed by atoms with Gasteiger partial charge in [-0.25, -0.2) is 8.78 Å². The van der Waals surface area contributed by atoms with Crippen LogP contribution in [-0.4, -0.2) is 99.2 Å². The Morgan fingerprint density at radius 1 is 1.15 bits per heavy atom. The average molecular weight is 647 g/mol.